The number of nitrogens with two attached hydrogens (primary N) is 1. The molecule has 3 fully saturated rings. The van der Waals surface area contributed by atoms with Crippen LogP contribution in [0.1, 0.15) is 25.7 Å². The molecule has 9 nitrogen and oxygen atoms in total. The number of alkyl halides is 1. The van der Waals surface area contributed by atoms with Gasteiger partial charge in [0, 0.05) is 50.5 Å². The van der Waals surface area contributed by atoms with Crippen molar-refractivity contribution >= 4 is 72.1 Å². The Balaban J connectivity index is 1.32. The van der Waals surface area contributed by atoms with Gasteiger partial charge in [-0.3, -0.25) is 9.69 Å². The third-order valence-corrected chi connectivity index (χ3v) is 11.9. The zero-order valence-electron chi connectivity index (χ0n) is 24.4. The van der Waals surface area contributed by atoms with Crippen molar-refractivity contribution in [3.05, 3.63) is 33.4 Å². The number of fused-ring (bicyclic) bond motifs is 3. The summed E-state index contributed by atoms with van der Waals surface area (Å²) in [4.78, 5) is 27.0. The van der Waals surface area contributed by atoms with E-state index in [1.165, 1.54) is 6.07 Å². The van der Waals surface area contributed by atoms with Gasteiger partial charge in [0.25, 0.3) is 0 Å². The molecule has 0 radical (unpaired) electrons. The Bertz CT molecular complexity index is 1880. The SMILES string of the molecule is CN1c2nc(OC[C@@]34CCCN3C[C@H](F)C4)nc3c(F)c(-c4ccc(F)c5sc(N)cc45)c(I)c(c23)OC2CCN(C=O)CC21. The number of nitrogen functional groups attached to an aromatic ring is 1. The number of piperidine rings is 1. The fourth-order valence-corrected chi connectivity index (χ4v) is 9.51. The molecule has 6 heterocycles. The standard InChI is InChI=1S/C31H30F3IN6O3S/c1-39-19-12-40(14-42)8-5-20(19)44-27-23-26(24(34)22(25(27)35)16-3-4-18(33)28-17(16)9-21(36)45-28)37-30(38-29(23)39)43-13-31-6-2-7-41(31)11-15(32)10-31/h3-4,9,14-15,19-20H,2,5-8,10-13,36H2,1H3/t15-,19?,20?,31+/m1/s1. The van der Waals surface area contributed by atoms with Gasteiger partial charge in [-0.1, -0.05) is 6.07 Å². The summed E-state index contributed by atoms with van der Waals surface area (Å²) in [6, 6.07) is 4.23. The average Bonchev–Trinajstić information content (AvgIpc) is 3.68. The summed E-state index contributed by atoms with van der Waals surface area (Å²) in [5.74, 6) is -0.199. The normalized spacial score (nSPS) is 26.2. The second-order valence-corrected chi connectivity index (χ2v) is 14.6. The third-order valence-electron chi connectivity index (χ3n) is 9.90. The van der Waals surface area contributed by atoms with E-state index in [-0.39, 0.29) is 35.8 Å². The molecule has 4 aliphatic heterocycles. The van der Waals surface area contributed by atoms with Crippen LogP contribution in [0.2, 0.25) is 0 Å². The maximum atomic E-state index is 17.0. The van der Waals surface area contributed by atoms with Gasteiger partial charge in [0.2, 0.25) is 6.41 Å². The number of hydrogen-bond acceptors (Lipinski definition) is 9. The summed E-state index contributed by atoms with van der Waals surface area (Å²) >= 11 is 3.19. The number of amides is 1. The average molecular weight is 751 g/mol. The quantitative estimate of drug-likeness (QED) is 0.215. The second kappa shape index (κ2) is 10.7. The van der Waals surface area contributed by atoms with Crippen molar-refractivity contribution < 1.29 is 27.4 Å². The van der Waals surface area contributed by atoms with Crippen LogP contribution in [-0.2, 0) is 4.79 Å². The fraction of sp³-hybridized carbons (Fsp3) is 0.452. The Hall–Kier alpha value is -3.11. The van der Waals surface area contributed by atoms with Gasteiger partial charge in [0.05, 0.1) is 30.2 Å². The molecule has 1 amide bonds. The van der Waals surface area contributed by atoms with E-state index in [0.717, 1.165) is 37.1 Å². The van der Waals surface area contributed by atoms with Gasteiger partial charge in [-0.15, -0.1) is 11.3 Å². The fourth-order valence-electron chi connectivity index (χ4n) is 7.73. The minimum atomic E-state index is -0.924. The van der Waals surface area contributed by atoms with Gasteiger partial charge < -0.3 is 25.0 Å². The van der Waals surface area contributed by atoms with Gasteiger partial charge >= 0.3 is 6.01 Å². The molecule has 8 rings (SSSR count). The highest BCUT2D eigenvalue weighted by molar-refractivity contribution is 14.1. The molecular formula is C31H30F3IN6O3S. The number of ether oxygens (including phenoxy) is 2. The molecule has 4 aromatic rings. The largest absolute Gasteiger partial charge is 0.486 e. The molecule has 2 unspecified atom stereocenters. The number of carbonyl (C=O) groups is 1. The van der Waals surface area contributed by atoms with Gasteiger partial charge in [-0.05, 0) is 59.7 Å². The number of hydrogen-bond donors (Lipinski definition) is 1. The van der Waals surface area contributed by atoms with Crippen LogP contribution in [0.15, 0.2) is 18.2 Å². The van der Waals surface area contributed by atoms with Crippen molar-refractivity contribution in [3.63, 3.8) is 0 Å². The van der Waals surface area contributed by atoms with E-state index in [1.807, 2.05) is 11.9 Å². The molecule has 0 saturated carbocycles. The summed E-state index contributed by atoms with van der Waals surface area (Å²) in [5.41, 5.74) is 6.33. The van der Waals surface area contributed by atoms with E-state index in [9.17, 15) is 13.6 Å². The summed E-state index contributed by atoms with van der Waals surface area (Å²) in [6.07, 6.45) is 2.27. The highest BCUT2D eigenvalue weighted by atomic mass is 127. The van der Waals surface area contributed by atoms with Crippen LogP contribution in [0.5, 0.6) is 11.8 Å². The highest BCUT2D eigenvalue weighted by Gasteiger charge is 2.49. The maximum absolute atomic E-state index is 17.0. The molecule has 3 saturated heterocycles. The lowest BCUT2D eigenvalue weighted by molar-refractivity contribution is -0.120. The lowest BCUT2D eigenvalue weighted by Crippen LogP contribution is -2.55. The van der Waals surface area contributed by atoms with Crippen LogP contribution in [0.25, 0.3) is 32.1 Å². The van der Waals surface area contributed by atoms with Crippen LogP contribution in [-0.4, -0.2) is 89.9 Å². The zero-order chi connectivity index (χ0) is 31.2. The van der Waals surface area contributed by atoms with Crippen molar-refractivity contribution in [2.45, 2.75) is 49.5 Å². The smallest absolute Gasteiger partial charge is 0.319 e. The first kappa shape index (κ1) is 29.3. The number of likely N-dealkylation sites (N-methyl/N-ethyl adjacent to an activating group) is 1. The molecule has 2 aromatic heterocycles. The van der Waals surface area contributed by atoms with Crippen molar-refractivity contribution in [2.24, 2.45) is 0 Å². The van der Waals surface area contributed by atoms with Crippen molar-refractivity contribution in [1.29, 1.82) is 0 Å². The first-order valence-corrected chi connectivity index (χ1v) is 16.9. The number of anilines is 2. The van der Waals surface area contributed by atoms with Gasteiger partial charge in [-0.25, -0.2) is 13.2 Å². The summed E-state index contributed by atoms with van der Waals surface area (Å²) in [5, 5.41) is 1.31. The second-order valence-electron chi connectivity index (χ2n) is 12.5. The van der Waals surface area contributed by atoms with E-state index in [4.69, 9.17) is 20.2 Å². The number of carbonyl (C=O) groups excluding carboxylic acids is 1. The van der Waals surface area contributed by atoms with Crippen molar-refractivity contribution in [3.8, 4) is 22.9 Å². The van der Waals surface area contributed by atoms with Crippen LogP contribution in [0, 0.1) is 15.2 Å². The Morgan fingerprint density at radius 1 is 1.27 bits per heavy atom. The summed E-state index contributed by atoms with van der Waals surface area (Å²) in [6.45, 7) is 2.28. The number of benzene rings is 2. The first-order valence-electron chi connectivity index (χ1n) is 15.0. The van der Waals surface area contributed by atoms with Crippen molar-refractivity contribution in [1.82, 2.24) is 19.8 Å². The molecule has 14 heteroatoms. The van der Waals surface area contributed by atoms with E-state index in [1.54, 1.807) is 17.0 Å². The molecule has 4 aliphatic rings. The topological polar surface area (TPSA) is 97.1 Å². The Labute approximate surface area is 274 Å². The third kappa shape index (κ3) is 4.53. The van der Waals surface area contributed by atoms with E-state index < -0.39 is 23.3 Å². The number of aromatic nitrogens is 2. The molecule has 0 bridgehead atoms. The van der Waals surface area contributed by atoms with E-state index in [0.29, 0.717) is 73.7 Å². The first-order chi connectivity index (χ1) is 21.7. The Morgan fingerprint density at radius 3 is 2.93 bits per heavy atom. The monoisotopic (exact) mass is 750 g/mol. The van der Waals surface area contributed by atoms with Crippen LogP contribution >= 0.6 is 33.9 Å². The minimum absolute atomic E-state index is 0.00870. The summed E-state index contributed by atoms with van der Waals surface area (Å²) in [7, 11) is 1.86. The summed E-state index contributed by atoms with van der Waals surface area (Å²) < 4.78 is 60.1. The molecule has 2 N–H and O–H groups in total. The van der Waals surface area contributed by atoms with E-state index >= 15 is 4.39 Å². The minimum Gasteiger partial charge on any atom is -0.486 e. The van der Waals surface area contributed by atoms with E-state index in [2.05, 4.69) is 32.5 Å². The molecule has 45 heavy (non-hydrogen) atoms. The predicted molar refractivity (Wildman–Crippen MR) is 175 cm³/mol. The number of nitrogens with zero attached hydrogens (tertiary/aromatic N) is 5. The number of halogens is 4. The Kier molecular flexibility index (Phi) is 6.98. The number of rotatable bonds is 5. The maximum Gasteiger partial charge on any atom is 0.319 e. The highest BCUT2D eigenvalue weighted by Crippen LogP contribution is 2.49. The number of likely N-dealkylation sites (tertiary alicyclic amines) is 1. The van der Waals surface area contributed by atoms with Crippen LogP contribution in [0.3, 0.4) is 0 Å². The van der Waals surface area contributed by atoms with Crippen LogP contribution < -0.4 is 20.1 Å². The molecule has 236 valence electrons. The molecule has 0 spiro atoms. The molecule has 4 atom stereocenters. The Morgan fingerprint density at radius 2 is 2.11 bits per heavy atom. The zero-order valence-corrected chi connectivity index (χ0v) is 27.3. The lowest BCUT2D eigenvalue weighted by Gasteiger charge is -2.40. The lowest BCUT2D eigenvalue weighted by atomic mass is 9.95. The van der Waals surface area contributed by atoms with Gasteiger partial charge in [0.1, 0.15) is 41.8 Å². The van der Waals surface area contributed by atoms with Crippen molar-refractivity contribution in [2.75, 3.05) is 50.5 Å². The number of thiophene rings is 1. The van der Waals surface area contributed by atoms with Gasteiger partial charge in [-0.2, -0.15) is 9.97 Å². The van der Waals surface area contributed by atoms with Gasteiger partial charge in [0.15, 0.2) is 5.82 Å². The molecule has 0 aliphatic carbocycles. The predicted octanol–water partition coefficient (Wildman–Crippen LogP) is 5.36. The van der Waals surface area contributed by atoms with Crippen LogP contribution in [0.4, 0.5) is 24.0 Å². The molecular weight excluding hydrogens is 720 g/mol. The molecule has 2 aromatic carbocycles.